The molecule has 2 heteroatoms. The smallest absolute Gasteiger partial charge is 0.0640 e. The molecule has 0 radical (unpaired) electrons. The minimum Gasteiger partial charge on any atom is -0.354 e. The molecular weight excluding hydrogens is 350 g/mol. The van der Waals surface area contributed by atoms with E-state index in [-0.39, 0.29) is 5.41 Å². The molecule has 4 aromatic carbocycles. The molecule has 0 fully saturated rings. The van der Waals surface area contributed by atoms with Gasteiger partial charge in [0.25, 0.3) is 0 Å². The summed E-state index contributed by atoms with van der Waals surface area (Å²) in [7, 11) is 0. The maximum absolute atomic E-state index is 6.32. The number of para-hydroxylation sites is 1. The Morgan fingerprint density at radius 1 is 0.778 bits per heavy atom. The number of anilines is 2. The van der Waals surface area contributed by atoms with E-state index in [9.17, 15) is 0 Å². The second-order valence-corrected chi connectivity index (χ2v) is 8.11. The summed E-state index contributed by atoms with van der Waals surface area (Å²) in [6, 6.07) is 27.7. The topological polar surface area (TPSA) is 12.0 Å². The van der Waals surface area contributed by atoms with Crippen LogP contribution in [-0.2, 0) is 5.41 Å². The summed E-state index contributed by atoms with van der Waals surface area (Å²) in [5.74, 6) is 0. The standard InChI is InChI=1S/C25H20ClN/c1-25(2)21-15-17(27-23-10-6-5-9-22(23)26)12-14-19(21)20-13-11-16-7-3-4-8-18(16)24(20)25/h3-15,27H,1-2H3. The first-order valence-electron chi connectivity index (χ1n) is 9.24. The van der Waals surface area contributed by atoms with Gasteiger partial charge in [-0.25, -0.2) is 0 Å². The molecule has 0 bridgehead atoms. The zero-order chi connectivity index (χ0) is 18.6. The molecule has 1 aliphatic carbocycles. The molecule has 0 saturated heterocycles. The molecule has 0 spiro atoms. The summed E-state index contributed by atoms with van der Waals surface area (Å²) < 4.78 is 0. The normalized spacial score (nSPS) is 14.0. The van der Waals surface area contributed by atoms with Gasteiger partial charge < -0.3 is 5.32 Å². The van der Waals surface area contributed by atoms with E-state index in [1.807, 2.05) is 24.3 Å². The molecule has 0 heterocycles. The van der Waals surface area contributed by atoms with Gasteiger partial charge in [-0.1, -0.05) is 80.0 Å². The number of fused-ring (bicyclic) bond motifs is 5. The van der Waals surface area contributed by atoms with Crippen molar-refractivity contribution in [2.75, 3.05) is 5.32 Å². The van der Waals surface area contributed by atoms with E-state index in [2.05, 4.69) is 73.8 Å². The van der Waals surface area contributed by atoms with Crippen LogP contribution in [0, 0.1) is 0 Å². The highest BCUT2D eigenvalue weighted by molar-refractivity contribution is 6.33. The van der Waals surface area contributed by atoms with Crippen LogP contribution >= 0.6 is 11.6 Å². The molecule has 1 aliphatic rings. The molecule has 1 nitrogen and oxygen atoms in total. The molecule has 4 aromatic rings. The highest BCUT2D eigenvalue weighted by Crippen LogP contribution is 2.52. The van der Waals surface area contributed by atoms with Crippen molar-refractivity contribution < 1.29 is 0 Å². The van der Waals surface area contributed by atoms with Crippen LogP contribution in [0.15, 0.2) is 78.9 Å². The van der Waals surface area contributed by atoms with E-state index >= 15 is 0 Å². The van der Waals surface area contributed by atoms with Crippen LogP contribution in [0.4, 0.5) is 11.4 Å². The molecule has 0 amide bonds. The largest absolute Gasteiger partial charge is 0.354 e. The predicted molar refractivity (Wildman–Crippen MR) is 116 cm³/mol. The summed E-state index contributed by atoms with van der Waals surface area (Å²) in [5.41, 5.74) is 7.38. The number of nitrogens with one attached hydrogen (secondary N) is 1. The second-order valence-electron chi connectivity index (χ2n) is 7.70. The van der Waals surface area contributed by atoms with Gasteiger partial charge in [0, 0.05) is 11.1 Å². The lowest BCUT2D eigenvalue weighted by atomic mass is 9.80. The van der Waals surface area contributed by atoms with Gasteiger partial charge in [-0.3, -0.25) is 0 Å². The maximum Gasteiger partial charge on any atom is 0.0640 e. The van der Waals surface area contributed by atoms with E-state index in [1.165, 1.54) is 33.0 Å². The van der Waals surface area contributed by atoms with Gasteiger partial charge in [0.15, 0.2) is 0 Å². The zero-order valence-corrected chi connectivity index (χ0v) is 16.1. The summed E-state index contributed by atoms with van der Waals surface area (Å²) in [4.78, 5) is 0. The van der Waals surface area contributed by atoms with Crippen molar-refractivity contribution in [2.24, 2.45) is 0 Å². The molecule has 132 valence electrons. The molecule has 0 saturated carbocycles. The first-order valence-corrected chi connectivity index (χ1v) is 9.62. The first-order chi connectivity index (χ1) is 13.1. The van der Waals surface area contributed by atoms with Gasteiger partial charge in [0.05, 0.1) is 10.7 Å². The van der Waals surface area contributed by atoms with Crippen molar-refractivity contribution in [2.45, 2.75) is 19.3 Å². The number of hydrogen-bond acceptors (Lipinski definition) is 1. The molecule has 5 rings (SSSR count). The van der Waals surface area contributed by atoms with E-state index in [0.29, 0.717) is 0 Å². The van der Waals surface area contributed by atoms with Crippen LogP contribution in [0.2, 0.25) is 5.02 Å². The molecule has 0 unspecified atom stereocenters. The van der Waals surface area contributed by atoms with E-state index in [1.54, 1.807) is 0 Å². The van der Waals surface area contributed by atoms with Crippen molar-refractivity contribution in [3.63, 3.8) is 0 Å². The van der Waals surface area contributed by atoms with Gasteiger partial charge in [-0.2, -0.15) is 0 Å². The number of benzene rings is 4. The third kappa shape index (κ3) is 2.46. The van der Waals surface area contributed by atoms with Gasteiger partial charge in [-0.15, -0.1) is 0 Å². The fourth-order valence-corrected chi connectivity index (χ4v) is 4.58. The molecule has 0 aliphatic heterocycles. The lowest BCUT2D eigenvalue weighted by Crippen LogP contribution is -2.15. The van der Waals surface area contributed by atoms with Crippen LogP contribution in [0.5, 0.6) is 0 Å². The van der Waals surface area contributed by atoms with Gasteiger partial charge >= 0.3 is 0 Å². The van der Waals surface area contributed by atoms with E-state index in [0.717, 1.165) is 16.4 Å². The highest BCUT2D eigenvalue weighted by Gasteiger charge is 2.36. The van der Waals surface area contributed by atoms with Crippen LogP contribution < -0.4 is 5.32 Å². The fraction of sp³-hybridized carbons (Fsp3) is 0.120. The van der Waals surface area contributed by atoms with Gasteiger partial charge in [0.2, 0.25) is 0 Å². The zero-order valence-electron chi connectivity index (χ0n) is 15.4. The Morgan fingerprint density at radius 2 is 1.52 bits per heavy atom. The van der Waals surface area contributed by atoms with Gasteiger partial charge in [0.1, 0.15) is 0 Å². The first kappa shape index (κ1) is 16.4. The average Bonchev–Trinajstić information content (AvgIpc) is 2.91. The number of halogens is 1. The van der Waals surface area contributed by atoms with E-state index in [4.69, 9.17) is 11.6 Å². The van der Waals surface area contributed by atoms with Crippen molar-refractivity contribution in [1.29, 1.82) is 0 Å². The molecule has 1 N–H and O–H groups in total. The summed E-state index contributed by atoms with van der Waals surface area (Å²) in [6.45, 7) is 4.65. The van der Waals surface area contributed by atoms with Crippen molar-refractivity contribution in [3.05, 3.63) is 95.0 Å². The molecular formula is C25H20ClN. The predicted octanol–water partition coefficient (Wildman–Crippen LogP) is 7.54. The SMILES string of the molecule is CC1(C)c2cc(Nc3ccccc3Cl)ccc2-c2ccc3ccccc3c21. The maximum atomic E-state index is 6.32. The summed E-state index contributed by atoms with van der Waals surface area (Å²) in [5, 5.41) is 6.84. The number of rotatable bonds is 2. The quantitative estimate of drug-likeness (QED) is 0.384. The Kier molecular flexibility index (Phi) is 3.57. The van der Waals surface area contributed by atoms with Crippen LogP contribution in [-0.4, -0.2) is 0 Å². The van der Waals surface area contributed by atoms with Crippen LogP contribution in [0.1, 0.15) is 25.0 Å². The van der Waals surface area contributed by atoms with Gasteiger partial charge in [-0.05, 0) is 57.3 Å². The minimum absolute atomic E-state index is 0.0519. The highest BCUT2D eigenvalue weighted by atomic mass is 35.5. The Labute approximate surface area is 164 Å². The van der Waals surface area contributed by atoms with Crippen molar-refractivity contribution in [1.82, 2.24) is 0 Å². The molecule has 0 aromatic heterocycles. The summed E-state index contributed by atoms with van der Waals surface area (Å²) in [6.07, 6.45) is 0. The number of hydrogen-bond donors (Lipinski definition) is 1. The Balaban J connectivity index is 1.66. The van der Waals surface area contributed by atoms with E-state index < -0.39 is 0 Å². The Bertz CT molecular complexity index is 1190. The average molecular weight is 370 g/mol. The lowest BCUT2D eigenvalue weighted by molar-refractivity contribution is 0.666. The van der Waals surface area contributed by atoms with Crippen LogP contribution in [0.25, 0.3) is 21.9 Å². The third-order valence-corrected chi connectivity index (χ3v) is 6.02. The second kappa shape index (κ2) is 5.87. The van der Waals surface area contributed by atoms with Crippen LogP contribution in [0.3, 0.4) is 0 Å². The van der Waals surface area contributed by atoms with Crippen molar-refractivity contribution in [3.8, 4) is 11.1 Å². The monoisotopic (exact) mass is 369 g/mol. The minimum atomic E-state index is -0.0519. The Hall–Kier alpha value is -2.77. The fourth-order valence-electron chi connectivity index (χ4n) is 4.40. The lowest BCUT2D eigenvalue weighted by Gasteiger charge is -2.23. The molecule has 0 atom stereocenters. The summed E-state index contributed by atoms with van der Waals surface area (Å²) >= 11 is 6.32. The molecule has 27 heavy (non-hydrogen) atoms. The van der Waals surface area contributed by atoms with Crippen molar-refractivity contribution >= 4 is 33.7 Å². The third-order valence-electron chi connectivity index (χ3n) is 5.69. The Morgan fingerprint density at radius 3 is 2.37 bits per heavy atom.